The molecule has 0 fully saturated rings. The van der Waals surface area contributed by atoms with Gasteiger partial charge in [-0.3, -0.25) is 0 Å². The molecular formula is C22H24FN7O. The normalized spacial score (nSPS) is 11.3. The maximum absolute atomic E-state index is 14.0. The number of methoxy groups -OCH3 is 1. The van der Waals surface area contributed by atoms with E-state index in [0.717, 1.165) is 18.0 Å². The Balaban J connectivity index is 1.86. The van der Waals surface area contributed by atoms with Crippen LogP contribution < -0.4 is 15.8 Å². The smallest absolute Gasteiger partial charge is 0.225 e. The minimum atomic E-state index is -0.354. The Hall–Kier alpha value is -3.72. The number of hydrogen-bond acceptors (Lipinski definition) is 7. The molecule has 0 aliphatic rings. The number of fused-ring (bicyclic) bond motifs is 1. The number of nitrogens with one attached hydrogen (secondary N) is 1. The Morgan fingerprint density at radius 3 is 2.58 bits per heavy atom. The Morgan fingerprint density at radius 1 is 1.13 bits per heavy atom. The highest BCUT2D eigenvalue weighted by molar-refractivity contribution is 5.99. The van der Waals surface area contributed by atoms with Crippen molar-refractivity contribution in [2.45, 2.75) is 0 Å². The van der Waals surface area contributed by atoms with Crippen molar-refractivity contribution in [2.24, 2.45) is 0 Å². The Kier molecular flexibility index (Phi) is 5.68. The van der Waals surface area contributed by atoms with Crippen molar-refractivity contribution in [1.29, 1.82) is 0 Å². The van der Waals surface area contributed by atoms with Gasteiger partial charge in [0.15, 0.2) is 5.65 Å². The lowest BCUT2D eigenvalue weighted by molar-refractivity contribution is 0.414. The molecule has 2 heterocycles. The number of benzene rings is 2. The number of ether oxygens (including phenoxy) is 1. The van der Waals surface area contributed by atoms with Gasteiger partial charge in [-0.2, -0.15) is 4.98 Å². The van der Waals surface area contributed by atoms with Crippen LogP contribution in [0.5, 0.6) is 5.75 Å². The standard InChI is InChI=1S/C22H24FN7O/c1-29(2)12-11-25-22-26-19(14-5-4-6-15(23)13-14)18-20(24)30(28-21(18)27-22)16-7-9-17(31-3)10-8-16/h4-10,13H,11-12,24H2,1-3H3,(H,25,27,28). The Bertz CT molecular complexity index is 1200. The number of rotatable bonds is 7. The summed E-state index contributed by atoms with van der Waals surface area (Å²) >= 11 is 0. The minimum absolute atomic E-state index is 0.354. The average Bonchev–Trinajstić information content (AvgIpc) is 3.09. The van der Waals surface area contributed by atoms with Crippen LogP contribution in [0.3, 0.4) is 0 Å². The van der Waals surface area contributed by atoms with Crippen LogP contribution in [-0.4, -0.2) is 58.9 Å². The predicted octanol–water partition coefficient (Wildman–Crippen LogP) is 3.19. The van der Waals surface area contributed by atoms with Crippen molar-refractivity contribution in [3.63, 3.8) is 0 Å². The number of nitrogen functional groups attached to an aromatic ring is 1. The molecule has 4 rings (SSSR count). The molecule has 0 atom stereocenters. The summed E-state index contributed by atoms with van der Waals surface area (Å²) in [6.45, 7) is 1.45. The highest BCUT2D eigenvalue weighted by Crippen LogP contribution is 2.33. The summed E-state index contributed by atoms with van der Waals surface area (Å²) in [6, 6.07) is 13.6. The van der Waals surface area contributed by atoms with Crippen LogP contribution in [0.4, 0.5) is 16.2 Å². The number of halogens is 1. The molecule has 0 amide bonds. The fraction of sp³-hybridized carbons (Fsp3) is 0.227. The molecule has 2 aromatic carbocycles. The first-order valence-electron chi connectivity index (χ1n) is 9.81. The fourth-order valence-electron chi connectivity index (χ4n) is 3.25. The summed E-state index contributed by atoms with van der Waals surface area (Å²) in [5.41, 5.74) is 8.78. The second-order valence-corrected chi connectivity index (χ2v) is 7.33. The lowest BCUT2D eigenvalue weighted by atomic mass is 10.1. The molecule has 0 unspecified atom stereocenters. The lowest BCUT2D eigenvalue weighted by Crippen LogP contribution is -2.21. The molecule has 31 heavy (non-hydrogen) atoms. The number of hydrogen-bond donors (Lipinski definition) is 2. The van der Waals surface area contributed by atoms with Crippen LogP contribution in [0.25, 0.3) is 28.0 Å². The molecule has 0 spiro atoms. The first kappa shape index (κ1) is 20.5. The van der Waals surface area contributed by atoms with E-state index in [4.69, 9.17) is 10.5 Å². The topological polar surface area (TPSA) is 94.1 Å². The largest absolute Gasteiger partial charge is 0.497 e. The molecule has 3 N–H and O–H groups in total. The summed E-state index contributed by atoms with van der Waals surface area (Å²) < 4.78 is 20.8. The van der Waals surface area contributed by atoms with Crippen LogP contribution in [0.2, 0.25) is 0 Å². The molecule has 0 aliphatic heterocycles. The molecule has 0 saturated heterocycles. The van der Waals surface area contributed by atoms with E-state index in [2.05, 4.69) is 25.3 Å². The van der Waals surface area contributed by atoms with Gasteiger partial charge in [-0.05, 0) is 50.5 Å². The number of nitrogens with two attached hydrogens (primary N) is 1. The zero-order valence-electron chi connectivity index (χ0n) is 17.6. The number of nitrogens with zero attached hydrogens (tertiary/aromatic N) is 5. The van der Waals surface area contributed by atoms with Gasteiger partial charge in [0.25, 0.3) is 0 Å². The van der Waals surface area contributed by atoms with E-state index in [1.165, 1.54) is 12.1 Å². The summed E-state index contributed by atoms with van der Waals surface area (Å²) in [4.78, 5) is 11.2. The molecule has 0 aliphatic carbocycles. The van der Waals surface area contributed by atoms with Crippen molar-refractivity contribution in [2.75, 3.05) is 45.3 Å². The number of aromatic nitrogens is 4. The van der Waals surface area contributed by atoms with E-state index < -0.39 is 0 Å². The van der Waals surface area contributed by atoms with Gasteiger partial charge < -0.3 is 20.7 Å². The first-order chi connectivity index (χ1) is 15.0. The zero-order valence-corrected chi connectivity index (χ0v) is 17.6. The molecule has 2 aromatic heterocycles. The highest BCUT2D eigenvalue weighted by Gasteiger charge is 2.19. The van der Waals surface area contributed by atoms with Gasteiger partial charge in [-0.25, -0.2) is 14.1 Å². The second-order valence-electron chi connectivity index (χ2n) is 7.33. The molecule has 4 aromatic rings. The molecule has 9 heteroatoms. The summed E-state index contributed by atoms with van der Waals surface area (Å²) in [5.74, 6) is 1.16. The SMILES string of the molecule is COc1ccc(-n2nc3nc(NCCN(C)C)nc(-c4cccc(F)c4)c3c2N)cc1. The molecule has 160 valence electrons. The van der Waals surface area contributed by atoms with E-state index in [-0.39, 0.29) is 5.82 Å². The fourth-order valence-corrected chi connectivity index (χ4v) is 3.25. The molecule has 8 nitrogen and oxygen atoms in total. The van der Waals surface area contributed by atoms with Gasteiger partial charge in [0.2, 0.25) is 5.95 Å². The third kappa shape index (κ3) is 4.26. The van der Waals surface area contributed by atoms with Crippen LogP contribution in [0.15, 0.2) is 48.5 Å². The maximum atomic E-state index is 14.0. The van der Waals surface area contributed by atoms with Gasteiger partial charge in [-0.1, -0.05) is 12.1 Å². The minimum Gasteiger partial charge on any atom is -0.497 e. The highest BCUT2D eigenvalue weighted by atomic mass is 19.1. The van der Waals surface area contributed by atoms with E-state index in [1.54, 1.807) is 23.9 Å². The van der Waals surface area contributed by atoms with E-state index in [9.17, 15) is 4.39 Å². The first-order valence-corrected chi connectivity index (χ1v) is 9.81. The van der Waals surface area contributed by atoms with Crippen molar-refractivity contribution < 1.29 is 9.13 Å². The van der Waals surface area contributed by atoms with Gasteiger partial charge in [0, 0.05) is 18.7 Å². The summed E-state index contributed by atoms with van der Waals surface area (Å²) in [5, 5.41) is 8.39. The van der Waals surface area contributed by atoms with Crippen LogP contribution in [0, 0.1) is 5.82 Å². The Labute approximate surface area is 179 Å². The van der Waals surface area contributed by atoms with E-state index >= 15 is 0 Å². The van der Waals surface area contributed by atoms with Crippen molar-refractivity contribution in [3.8, 4) is 22.7 Å². The molecule has 0 radical (unpaired) electrons. The zero-order chi connectivity index (χ0) is 22.0. The molecular weight excluding hydrogens is 397 g/mol. The lowest BCUT2D eigenvalue weighted by Gasteiger charge is -2.11. The van der Waals surface area contributed by atoms with Crippen molar-refractivity contribution in [1.82, 2.24) is 24.6 Å². The second kappa shape index (κ2) is 8.57. The summed E-state index contributed by atoms with van der Waals surface area (Å²) in [6.07, 6.45) is 0. The van der Waals surface area contributed by atoms with E-state index in [1.807, 2.05) is 38.4 Å². The van der Waals surface area contributed by atoms with Crippen molar-refractivity contribution in [3.05, 3.63) is 54.3 Å². The number of likely N-dealkylation sites (N-methyl/N-ethyl adjacent to an activating group) is 1. The third-order valence-corrected chi connectivity index (χ3v) is 4.83. The van der Waals surface area contributed by atoms with Crippen LogP contribution in [0.1, 0.15) is 0 Å². The monoisotopic (exact) mass is 421 g/mol. The van der Waals surface area contributed by atoms with Gasteiger partial charge in [0.05, 0.1) is 23.9 Å². The molecule has 0 bridgehead atoms. The number of anilines is 2. The van der Waals surface area contributed by atoms with Gasteiger partial charge in [-0.15, -0.1) is 5.10 Å². The van der Waals surface area contributed by atoms with E-state index in [0.29, 0.717) is 40.6 Å². The average molecular weight is 421 g/mol. The quantitative estimate of drug-likeness (QED) is 0.473. The Morgan fingerprint density at radius 2 is 1.90 bits per heavy atom. The van der Waals surface area contributed by atoms with Gasteiger partial charge in [0.1, 0.15) is 17.4 Å². The van der Waals surface area contributed by atoms with Crippen molar-refractivity contribution >= 4 is 22.8 Å². The van der Waals surface area contributed by atoms with Crippen LogP contribution >= 0.6 is 0 Å². The third-order valence-electron chi connectivity index (χ3n) is 4.83. The molecule has 0 saturated carbocycles. The maximum Gasteiger partial charge on any atom is 0.225 e. The predicted molar refractivity (Wildman–Crippen MR) is 120 cm³/mol. The summed E-state index contributed by atoms with van der Waals surface area (Å²) in [7, 11) is 5.58. The van der Waals surface area contributed by atoms with Crippen LogP contribution in [-0.2, 0) is 0 Å². The van der Waals surface area contributed by atoms with Gasteiger partial charge >= 0.3 is 0 Å².